The fourth-order valence-corrected chi connectivity index (χ4v) is 4.00. The van der Waals surface area contributed by atoms with Crippen molar-refractivity contribution in [2.24, 2.45) is 0 Å². The number of hydrogen-bond donors (Lipinski definition) is 2. The molecule has 1 amide bonds. The lowest BCUT2D eigenvalue weighted by Gasteiger charge is -2.39. The SMILES string of the molecule is O=C1N(CCCc2ccccc2)CCC[C@]1(O)CNC1CCCC1. The molecule has 0 spiro atoms. The van der Waals surface area contributed by atoms with E-state index in [4.69, 9.17) is 0 Å². The van der Waals surface area contributed by atoms with Crippen LogP contribution >= 0.6 is 0 Å². The topological polar surface area (TPSA) is 52.6 Å². The van der Waals surface area contributed by atoms with Crippen LogP contribution in [0.25, 0.3) is 0 Å². The lowest BCUT2D eigenvalue weighted by molar-refractivity contribution is -0.156. The molecule has 2 fully saturated rings. The third-order valence-electron chi connectivity index (χ3n) is 5.48. The largest absolute Gasteiger partial charge is 0.379 e. The number of nitrogens with zero attached hydrogens (tertiary/aromatic N) is 1. The standard InChI is InChI=1S/C20H30N2O2/c23-19-20(24,16-21-18-11-4-5-12-18)13-7-15-22(19)14-6-10-17-8-2-1-3-9-17/h1-3,8-9,18,21,24H,4-7,10-16H2/t20-/m0/s1. The van der Waals surface area contributed by atoms with E-state index in [0.717, 1.165) is 32.4 Å². The van der Waals surface area contributed by atoms with Crippen LogP contribution in [0.1, 0.15) is 50.5 Å². The highest BCUT2D eigenvalue weighted by Gasteiger charge is 2.42. The second-order valence-corrected chi connectivity index (χ2v) is 7.38. The molecule has 3 rings (SSSR count). The second-order valence-electron chi connectivity index (χ2n) is 7.38. The van der Waals surface area contributed by atoms with Gasteiger partial charge in [0.15, 0.2) is 5.60 Å². The molecule has 0 aromatic heterocycles. The van der Waals surface area contributed by atoms with Crippen LogP contribution in [0.15, 0.2) is 30.3 Å². The van der Waals surface area contributed by atoms with Crippen molar-refractivity contribution in [2.45, 2.75) is 63.0 Å². The van der Waals surface area contributed by atoms with E-state index in [1.54, 1.807) is 0 Å². The van der Waals surface area contributed by atoms with Gasteiger partial charge < -0.3 is 15.3 Å². The summed E-state index contributed by atoms with van der Waals surface area (Å²) in [5.74, 6) is -0.0766. The van der Waals surface area contributed by atoms with Gasteiger partial charge in [-0.25, -0.2) is 0 Å². The summed E-state index contributed by atoms with van der Waals surface area (Å²) in [4.78, 5) is 14.6. The molecule has 2 aliphatic rings. The van der Waals surface area contributed by atoms with Gasteiger partial charge in [0.05, 0.1) is 0 Å². The summed E-state index contributed by atoms with van der Waals surface area (Å²) < 4.78 is 0. The minimum absolute atomic E-state index is 0.0766. The van der Waals surface area contributed by atoms with Crippen LogP contribution in [0.5, 0.6) is 0 Å². The number of aryl methyl sites for hydroxylation is 1. The molecule has 1 aliphatic heterocycles. The molecular weight excluding hydrogens is 300 g/mol. The number of piperidine rings is 1. The van der Waals surface area contributed by atoms with Gasteiger partial charge in [-0.15, -0.1) is 0 Å². The number of carbonyl (C=O) groups is 1. The fraction of sp³-hybridized carbons (Fsp3) is 0.650. The van der Waals surface area contributed by atoms with Crippen molar-refractivity contribution in [3.63, 3.8) is 0 Å². The smallest absolute Gasteiger partial charge is 0.255 e. The van der Waals surface area contributed by atoms with Crippen molar-refractivity contribution in [3.05, 3.63) is 35.9 Å². The van der Waals surface area contributed by atoms with Crippen LogP contribution in [0.2, 0.25) is 0 Å². The zero-order valence-electron chi connectivity index (χ0n) is 14.5. The molecule has 4 heteroatoms. The highest BCUT2D eigenvalue weighted by Crippen LogP contribution is 2.24. The van der Waals surface area contributed by atoms with Gasteiger partial charge in [0.2, 0.25) is 0 Å². The number of carbonyl (C=O) groups excluding carboxylic acids is 1. The maximum atomic E-state index is 12.7. The van der Waals surface area contributed by atoms with Gasteiger partial charge in [-0.1, -0.05) is 43.2 Å². The third-order valence-corrected chi connectivity index (χ3v) is 5.48. The average Bonchev–Trinajstić information content (AvgIpc) is 3.12. The zero-order chi connectivity index (χ0) is 16.8. The van der Waals surface area contributed by atoms with Crippen molar-refractivity contribution in [2.75, 3.05) is 19.6 Å². The van der Waals surface area contributed by atoms with E-state index in [0.29, 0.717) is 19.0 Å². The molecule has 24 heavy (non-hydrogen) atoms. The van der Waals surface area contributed by atoms with Crippen LogP contribution in [-0.2, 0) is 11.2 Å². The van der Waals surface area contributed by atoms with E-state index in [2.05, 4.69) is 29.6 Å². The Morgan fingerprint density at radius 2 is 1.92 bits per heavy atom. The van der Waals surface area contributed by atoms with Crippen LogP contribution in [0.3, 0.4) is 0 Å². The minimum atomic E-state index is -1.20. The van der Waals surface area contributed by atoms with Gasteiger partial charge in [0.1, 0.15) is 0 Å². The lowest BCUT2D eigenvalue weighted by Crippen LogP contribution is -2.59. The fourth-order valence-electron chi connectivity index (χ4n) is 4.00. The van der Waals surface area contributed by atoms with Crippen molar-refractivity contribution in [1.82, 2.24) is 10.2 Å². The summed E-state index contributed by atoms with van der Waals surface area (Å²) in [7, 11) is 0. The number of hydrogen-bond acceptors (Lipinski definition) is 3. The van der Waals surface area contributed by atoms with Crippen LogP contribution < -0.4 is 5.32 Å². The van der Waals surface area contributed by atoms with E-state index < -0.39 is 5.60 Å². The predicted molar refractivity (Wildman–Crippen MR) is 95.8 cm³/mol. The molecule has 1 aliphatic carbocycles. The molecule has 0 bridgehead atoms. The van der Waals surface area contributed by atoms with Gasteiger partial charge >= 0.3 is 0 Å². The van der Waals surface area contributed by atoms with Crippen molar-refractivity contribution in [3.8, 4) is 0 Å². The molecule has 0 radical (unpaired) electrons. The maximum Gasteiger partial charge on any atom is 0.255 e. The highest BCUT2D eigenvalue weighted by molar-refractivity contribution is 5.86. The number of rotatable bonds is 7. The predicted octanol–water partition coefficient (Wildman–Crippen LogP) is 2.50. The first kappa shape index (κ1) is 17.4. The van der Waals surface area contributed by atoms with Crippen molar-refractivity contribution < 1.29 is 9.90 Å². The van der Waals surface area contributed by atoms with E-state index in [1.807, 2.05) is 11.0 Å². The Morgan fingerprint density at radius 1 is 1.17 bits per heavy atom. The minimum Gasteiger partial charge on any atom is -0.379 e. The molecule has 1 aromatic rings. The Labute approximate surface area is 145 Å². The number of benzene rings is 1. The molecule has 0 unspecified atom stereocenters. The van der Waals surface area contributed by atoms with Gasteiger partial charge in [0, 0.05) is 25.7 Å². The highest BCUT2D eigenvalue weighted by atomic mass is 16.3. The second kappa shape index (κ2) is 8.13. The Kier molecular flexibility index (Phi) is 5.90. The van der Waals surface area contributed by atoms with Crippen LogP contribution in [0.4, 0.5) is 0 Å². The Hall–Kier alpha value is -1.39. The lowest BCUT2D eigenvalue weighted by atomic mass is 9.91. The van der Waals surface area contributed by atoms with E-state index >= 15 is 0 Å². The molecule has 1 aromatic carbocycles. The average molecular weight is 330 g/mol. The molecule has 4 nitrogen and oxygen atoms in total. The summed E-state index contributed by atoms with van der Waals surface area (Å²) in [6, 6.07) is 10.9. The number of amides is 1. The number of nitrogens with one attached hydrogen (secondary N) is 1. The summed E-state index contributed by atoms with van der Waals surface area (Å²) >= 11 is 0. The quantitative estimate of drug-likeness (QED) is 0.808. The monoisotopic (exact) mass is 330 g/mol. The number of likely N-dealkylation sites (tertiary alicyclic amines) is 1. The Bertz CT molecular complexity index is 528. The van der Waals surface area contributed by atoms with Crippen LogP contribution in [0, 0.1) is 0 Å². The Balaban J connectivity index is 1.48. The zero-order valence-corrected chi connectivity index (χ0v) is 14.5. The van der Waals surface area contributed by atoms with E-state index in [9.17, 15) is 9.90 Å². The third kappa shape index (κ3) is 4.37. The first-order chi connectivity index (χ1) is 11.7. The van der Waals surface area contributed by atoms with Crippen molar-refractivity contribution >= 4 is 5.91 Å². The molecule has 1 saturated carbocycles. The van der Waals surface area contributed by atoms with E-state index in [-0.39, 0.29) is 5.91 Å². The normalized spacial score (nSPS) is 25.4. The molecule has 1 saturated heterocycles. The molecule has 1 heterocycles. The molecule has 2 N–H and O–H groups in total. The first-order valence-corrected chi connectivity index (χ1v) is 9.46. The summed E-state index contributed by atoms with van der Waals surface area (Å²) in [6.07, 6.45) is 8.26. The van der Waals surface area contributed by atoms with Gasteiger partial charge in [-0.3, -0.25) is 4.79 Å². The van der Waals surface area contributed by atoms with Gasteiger partial charge in [0.25, 0.3) is 5.91 Å². The van der Waals surface area contributed by atoms with Crippen LogP contribution in [-0.4, -0.2) is 47.2 Å². The molecule has 1 atom stereocenters. The molecular formula is C20H30N2O2. The summed E-state index contributed by atoms with van der Waals surface area (Å²) in [6.45, 7) is 1.92. The van der Waals surface area contributed by atoms with E-state index in [1.165, 1.54) is 31.2 Å². The van der Waals surface area contributed by atoms with Gasteiger partial charge in [-0.2, -0.15) is 0 Å². The van der Waals surface area contributed by atoms with Gasteiger partial charge in [-0.05, 0) is 44.1 Å². The summed E-state index contributed by atoms with van der Waals surface area (Å²) in [5, 5.41) is 14.3. The molecule has 132 valence electrons. The first-order valence-electron chi connectivity index (χ1n) is 9.46. The van der Waals surface area contributed by atoms with Crippen molar-refractivity contribution in [1.29, 1.82) is 0 Å². The summed E-state index contributed by atoms with van der Waals surface area (Å²) in [5.41, 5.74) is 0.105. The Morgan fingerprint density at radius 3 is 2.67 bits per heavy atom. The maximum absolute atomic E-state index is 12.7. The number of aliphatic hydroxyl groups is 1.